The van der Waals surface area contributed by atoms with Crippen LogP contribution in [-0.4, -0.2) is 41.5 Å². The van der Waals surface area contributed by atoms with Gasteiger partial charge in [0.2, 0.25) is 0 Å². The number of hydrogen-bond acceptors (Lipinski definition) is 5. The number of amides is 1. The van der Waals surface area contributed by atoms with Gasteiger partial charge >= 0.3 is 0 Å². The fourth-order valence-corrected chi connectivity index (χ4v) is 3.06. The molecule has 1 atom stereocenters. The molecule has 1 fully saturated rings. The number of carbonyl (C=O) groups excluding carboxylic acids is 1. The van der Waals surface area contributed by atoms with Gasteiger partial charge in [-0.15, -0.1) is 11.3 Å². The molecule has 0 aliphatic carbocycles. The van der Waals surface area contributed by atoms with E-state index in [9.17, 15) is 4.79 Å². The van der Waals surface area contributed by atoms with Gasteiger partial charge in [0.15, 0.2) is 0 Å². The van der Waals surface area contributed by atoms with Crippen molar-refractivity contribution in [2.45, 2.75) is 19.6 Å². The van der Waals surface area contributed by atoms with E-state index in [2.05, 4.69) is 17.2 Å². The summed E-state index contributed by atoms with van der Waals surface area (Å²) in [7, 11) is 0. The van der Waals surface area contributed by atoms with Crippen molar-refractivity contribution < 1.29 is 9.53 Å². The molecule has 1 saturated heterocycles. The summed E-state index contributed by atoms with van der Waals surface area (Å²) < 4.78 is 5.80. The Kier molecular flexibility index (Phi) is 4.70. The molecule has 1 aromatic carbocycles. The molecule has 0 saturated carbocycles. The average molecular weight is 317 g/mol. The topological polar surface area (TPSA) is 54.5 Å². The van der Waals surface area contributed by atoms with Crippen molar-refractivity contribution in [2.75, 3.05) is 19.6 Å². The summed E-state index contributed by atoms with van der Waals surface area (Å²) in [6.45, 7) is 4.74. The van der Waals surface area contributed by atoms with Crippen LogP contribution in [0.2, 0.25) is 0 Å². The van der Waals surface area contributed by atoms with Crippen molar-refractivity contribution in [3.63, 3.8) is 0 Å². The van der Waals surface area contributed by atoms with Crippen LogP contribution in [0.25, 0.3) is 0 Å². The largest absolute Gasteiger partial charge is 0.486 e. The van der Waals surface area contributed by atoms with Crippen LogP contribution >= 0.6 is 11.3 Å². The molecular formula is C16H19N3O2S. The van der Waals surface area contributed by atoms with Gasteiger partial charge in [-0.2, -0.15) is 0 Å². The number of rotatable bonds is 4. The lowest BCUT2D eigenvalue weighted by molar-refractivity contribution is 0.0704. The molecule has 1 amide bonds. The quantitative estimate of drug-likeness (QED) is 0.939. The summed E-state index contributed by atoms with van der Waals surface area (Å²) in [5.41, 5.74) is 3.27. The smallest absolute Gasteiger partial charge is 0.257 e. The highest BCUT2D eigenvalue weighted by Gasteiger charge is 2.23. The third-order valence-electron chi connectivity index (χ3n) is 3.63. The first-order valence-electron chi connectivity index (χ1n) is 7.35. The number of nitrogens with one attached hydrogen (secondary N) is 1. The third-order valence-corrected chi connectivity index (χ3v) is 4.27. The van der Waals surface area contributed by atoms with E-state index in [1.54, 1.807) is 5.51 Å². The van der Waals surface area contributed by atoms with Crippen LogP contribution in [0.15, 0.2) is 35.2 Å². The van der Waals surface area contributed by atoms with Crippen LogP contribution in [0.5, 0.6) is 5.75 Å². The molecule has 2 heterocycles. The van der Waals surface area contributed by atoms with Crippen molar-refractivity contribution >= 4 is 17.2 Å². The van der Waals surface area contributed by atoms with Gasteiger partial charge < -0.3 is 15.0 Å². The monoisotopic (exact) mass is 317 g/mol. The van der Waals surface area contributed by atoms with Gasteiger partial charge in [-0.3, -0.25) is 4.79 Å². The molecule has 3 rings (SSSR count). The number of para-hydroxylation sites is 1. The number of nitrogens with zero attached hydrogens (tertiary/aromatic N) is 2. The molecule has 0 bridgehead atoms. The summed E-state index contributed by atoms with van der Waals surface area (Å²) in [6, 6.07) is 7.74. The molecule has 6 heteroatoms. The number of ether oxygens (including phenoxy) is 1. The SMILES string of the molecule is C[C@H]1CN(C(=O)c2ccccc2OCc2cscn2)CCN1. The number of piperazine rings is 1. The molecule has 1 aromatic heterocycles. The predicted molar refractivity (Wildman–Crippen MR) is 86.3 cm³/mol. The van der Waals surface area contributed by atoms with Crippen LogP contribution in [0, 0.1) is 0 Å². The van der Waals surface area contributed by atoms with Crippen molar-refractivity contribution in [1.82, 2.24) is 15.2 Å². The zero-order valence-corrected chi connectivity index (χ0v) is 13.3. The lowest BCUT2D eigenvalue weighted by Crippen LogP contribution is -2.51. The van der Waals surface area contributed by atoms with Crippen LogP contribution < -0.4 is 10.1 Å². The second-order valence-electron chi connectivity index (χ2n) is 5.37. The van der Waals surface area contributed by atoms with Gasteiger partial charge in [0.25, 0.3) is 5.91 Å². The molecule has 0 unspecified atom stereocenters. The molecule has 5 nitrogen and oxygen atoms in total. The maximum atomic E-state index is 12.7. The van der Waals surface area contributed by atoms with E-state index in [1.807, 2.05) is 34.5 Å². The summed E-state index contributed by atoms with van der Waals surface area (Å²) in [5, 5.41) is 5.29. The van der Waals surface area contributed by atoms with E-state index in [0.29, 0.717) is 24.0 Å². The average Bonchev–Trinajstić information content (AvgIpc) is 3.06. The normalized spacial score (nSPS) is 18.2. The van der Waals surface area contributed by atoms with Gasteiger partial charge in [0, 0.05) is 31.1 Å². The number of thiazole rings is 1. The van der Waals surface area contributed by atoms with Crippen LogP contribution in [0.1, 0.15) is 23.0 Å². The van der Waals surface area contributed by atoms with E-state index >= 15 is 0 Å². The molecule has 2 aromatic rings. The Balaban J connectivity index is 1.73. The Morgan fingerprint density at radius 3 is 3.14 bits per heavy atom. The number of benzene rings is 1. The third kappa shape index (κ3) is 3.45. The second-order valence-corrected chi connectivity index (χ2v) is 6.09. The minimum absolute atomic E-state index is 0.0298. The first-order valence-corrected chi connectivity index (χ1v) is 8.30. The highest BCUT2D eigenvalue weighted by Crippen LogP contribution is 2.21. The highest BCUT2D eigenvalue weighted by atomic mass is 32.1. The molecule has 1 N–H and O–H groups in total. The summed E-state index contributed by atoms with van der Waals surface area (Å²) in [4.78, 5) is 18.8. The van der Waals surface area contributed by atoms with E-state index in [4.69, 9.17) is 4.74 Å². The standard InChI is InChI=1S/C16H19N3O2S/c1-12-8-19(7-6-17-12)16(20)14-4-2-3-5-15(14)21-9-13-10-22-11-18-13/h2-5,10-12,17H,6-9H2,1H3/t12-/m0/s1. The maximum absolute atomic E-state index is 12.7. The van der Waals surface area contributed by atoms with Crippen LogP contribution in [0.3, 0.4) is 0 Å². The molecule has 1 aliphatic rings. The molecule has 1 aliphatic heterocycles. The van der Waals surface area contributed by atoms with E-state index in [1.165, 1.54) is 11.3 Å². The van der Waals surface area contributed by atoms with Gasteiger partial charge in [-0.05, 0) is 19.1 Å². The Hall–Kier alpha value is -1.92. The summed E-state index contributed by atoms with van der Waals surface area (Å²) in [6.07, 6.45) is 0. The van der Waals surface area contributed by atoms with Crippen molar-refractivity contribution in [3.8, 4) is 5.75 Å². The predicted octanol–water partition coefficient (Wildman–Crippen LogP) is 2.16. The number of aromatic nitrogens is 1. The van der Waals surface area contributed by atoms with E-state index < -0.39 is 0 Å². The van der Waals surface area contributed by atoms with Crippen molar-refractivity contribution in [2.24, 2.45) is 0 Å². The zero-order chi connectivity index (χ0) is 15.4. The van der Waals surface area contributed by atoms with Gasteiger partial charge in [-0.25, -0.2) is 4.98 Å². The summed E-state index contributed by atoms with van der Waals surface area (Å²) >= 11 is 1.53. The van der Waals surface area contributed by atoms with E-state index in [0.717, 1.165) is 25.3 Å². The summed E-state index contributed by atoms with van der Waals surface area (Å²) in [5.74, 6) is 0.647. The highest BCUT2D eigenvalue weighted by molar-refractivity contribution is 7.07. The lowest BCUT2D eigenvalue weighted by Gasteiger charge is -2.32. The Morgan fingerprint density at radius 2 is 2.36 bits per heavy atom. The van der Waals surface area contributed by atoms with Crippen LogP contribution in [0.4, 0.5) is 0 Å². The Labute approximate surface area is 133 Å². The molecular weight excluding hydrogens is 298 g/mol. The first kappa shape index (κ1) is 15.0. The van der Waals surface area contributed by atoms with Crippen molar-refractivity contribution in [3.05, 3.63) is 46.4 Å². The maximum Gasteiger partial charge on any atom is 0.257 e. The van der Waals surface area contributed by atoms with Gasteiger partial charge in [-0.1, -0.05) is 12.1 Å². The molecule has 0 radical (unpaired) electrons. The minimum Gasteiger partial charge on any atom is -0.486 e. The molecule has 0 spiro atoms. The number of hydrogen-bond donors (Lipinski definition) is 1. The first-order chi connectivity index (χ1) is 10.7. The second kappa shape index (κ2) is 6.89. The fourth-order valence-electron chi connectivity index (χ4n) is 2.52. The molecule has 116 valence electrons. The zero-order valence-electron chi connectivity index (χ0n) is 12.5. The number of carbonyl (C=O) groups is 1. The van der Waals surface area contributed by atoms with Crippen LogP contribution in [-0.2, 0) is 6.61 Å². The van der Waals surface area contributed by atoms with Crippen molar-refractivity contribution in [1.29, 1.82) is 0 Å². The fraction of sp³-hybridized carbons (Fsp3) is 0.375. The van der Waals surface area contributed by atoms with Gasteiger partial charge in [0.1, 0.15) is 12.4 Å². The van der Waals surface area contributed by atoms with Gasteiger partial charge in [0.05, 0.1) is 16.8 Å². The van der Waals surface area contributed by atoms with E-state index in [-0.39, 0.29) is 5.91 Å². The Bertz CT molecular complexity index is 630. The molecule has 22 heavy (non-hydrogen) atoms. The minimum atomic E-state index is 0.0298. The Morgan fingerprint density at radius 1 is 1.50 bits per heavy atom. The lowest BCUT2D eigenvalue weighted by atomic mass is 10.1.